The average molecular weight is 538 g/mol. The highest BCUT2D eigenvalue weighted by molar-refractivity contribution is 7.99. The lowest BCUT2D eigenvalue weighted by Gasteiger charge is -2.34. The fraction of sp³-hybridized carbons (Fsp3) is 0.444. The normalized spacial score (nSPS) is 13.9. The molecule has 1 aliphatic heterocycles. The minimum absolute atomic E-state index is 0.132. The van der Waals surface area contributed by atoms with Crippen molar-refractivity contribution < 1.29 is 14.3 Å². The molecule has 0 bridgehead atoms. The number of Topliss-reactive ketones (excluding diaryl/α,β-unsaturated/α-hetero) is 1. The number of methoxy groups -OCH3 is 1. The number of aromatic nitrogens is 4. The number of aryl methyl sites for hydroxylation is 1. The summed E-state index contributed by atoms with van der Waals surface area (Å²) in [6, 6.07) is 9.77. The molecule has 0 spiro atoms. The summed E-state index contributed by atoms with van der Waals surface area (Å²) in [6.45, 7) is 5.06. The average Bonchev–Trinajstić information content (AvgIpc) is 3.29. The molecule has 0 radical (unpaired) electrons. The van der Waals surface area contributed by atoms with Gasteiger partial charge in [-0.2, -0.15) is 5.10 Å². The van der Waals surface area contributed by atoms with Gasteiger partial charge in [0.25, 0.3) is 0 Å². The number of hydrogen-bond acceptors (Lipinski definition) is 9. The van der Waals surface area contributed by atoms with Crippen molar-refractivity contribution in [3.8, 4) is 5.75 Å². The van der Waals surface area contributed by atoms with E-state index in [9.17, 15) is 9.59 Å². The van der Waals surface area contributed by atoms with Gasteiger partial charge in [-0.15, -0.1) is 0 Å². The van der Waals surface area contributed by atoms with Crippen molar-refractivity contribution in [1.82, 2.24) is 25.1 Å². The van der Waals surface area contributed by atoms with Gasteiger partial charge in [0.05, 0.1) is 7.11 Å². The van der Waals surface area contributed by atoms with Gasteiger partial charge in [-0.1, -0.05) is 12.1 Å². The van der Waals surface area contributed by atoms with Crippen LogP contribution in [0.25, 0.3) is 0 Å². The molecule has 0 unspecified atom stereocenters. The van der Waals surface area contributed by atoms with Gasteiger partial charge in [0.15, 0.2) is 22.6 Å². The van der Waals surface area contributed by atoms with Crippen LogP contribution in [0, 0.1) is 12.8 Å². The number of rotatable bonds is 10. The maximum atomic E-state index is 12.2. The summed E-state index contributed by atoms with van der Waals surface area (Å²) in [4.78, 5) is 38.2. The number of anilines is 3. The van der Waals surface area contributed by atoms with Gasteiger partial charge in [-0.25, -0.2) is 9.97 Å². The van der Waals surface area contributed by atoms with Crippen LogP contribution in [0.4, 0.5) is 17.5 Å². The molecule has 1 saturated heterocycles. The van der Waals surface area contributed by atoms with E-state index in [1.165, 1.54) is 11.8 Å². The van der Waals surface area contributed by atoms with Crippen molar-refractivity contribution in [2.75, 3.05) is 44.5 Å². The molecule has 2 N–H and O–H groups in total. The highest BCUT2D eigenvalue weighted by Gasteiger charge is 2.27. The first-order chi connectivity index (χ1) is 18.2. The van der Waals surface area contributed by atoms with Crippen molar-refractivity contribution in [3.63, 3.8) is 0 Å². The van der Waals surface area contributed by atoms with E-state index in [1.807, 2.05) is 37.3 Å². The highest BCUT2D eigenvalue weighted by atomic mass is 32.2. The maximum absolute atomic E-state index is 12.2. The Bertz CT molecular complexity index is 1270. The Hall–Kier alpha value is -3.60. The van der Waals surface area contributed by atoms with E-state index >= 15 is 0 Å². The molecular weight excluding hydrogens is 502 g/mol. The Morgan fingerprint density at radius 1 is 1.18 bits per heavy atom. The Kier molecular flexibility index (Phi) is 8.88. The molecule has 11 heteroatoms. The second-order valence-corrected chi connectivity index (χ2v) is 10.9. The van der Waals surface area contributed by atoms with E-state index in [0.717, 1.165) is 42.1 Å². The van der Waals surface area contributed by atoms with Crippen LogP contribution in [0.5, 0.6) is 5.75 Å². The van der Waals surface area contributed by atoms with E-state index in [1.54, 1.807) is 33.0 Å². The fourth-order valence-electron chi connectivity index (χ4n) is 4.40. The van der Waals surface area contributed by atoms with Gasteiger partial charge >= 0.3 is 0 Å². The van der Waals surface area contributed by atoms with E-state index in [-0.39, 0.29) is 11.7 Å². The molecule has 1 fully saturated rings. The number of nitrogens with zero attached hydrogens (tertiary/aromatic N) is 5. The number of carbonyl (C=O) groups excluding carboxylic acids is 2. The zero-order valence-electron chi connectivity index (χ0n) is 22.6. The second-order valence-electron chi connectivity index (χ2n) is 9.82. The molecular formula is C27H35N7O3S. The topological polar surface area (TPSA) is 116 Å². The minimum atomic E-state index is 0.132. The minimum Gasteiger partial charge on any atom is -0.490 e. The first-order valence-electron chi connectivity index (χ1n) is 12.7. The summed E-state index contributed by atoms with van der Waals surface area (Å²) in [5.41, 5.74) is 1.90. The van der Waals surface area contributed by atoms with Gasteiger partial charge in [-0.05, 0) is 62.1 Å². The highest BCUT2D eigenvalue weighted by Crippen LogP contribution is 2.39. The van der Waals surface area contributed by atoms with Crippen LogP contribution in [0.2, 0.25) is 0 Å². The van der Waals surface area contributed by atoms with Crippen LogP contribution in [0.15, 0.2) is 40.4 Å². The number of hydrogen-bond donors (Lipinski definition) is 2. The number of piperidine rings is 1. The molecule has 3 aromatic rings. The molecule has 38 heavy (non-hydrogen) atoms. The largest absolute Gasteiger partial charge is 0.490 e. The van der Waals surface area contributed by atoms with Gasteiger partial charge in [-0.3, -0.25) is 14.7 Å². The number of H-pyrrole nitrogens is 1. The Morgan fingerprint density at radius 3 is 2.47 bits per heavy atom. The van der Waals surface area contributed by atoms with Crippen LogP contribution in [-0.2, 0) is 16.0 Å². The molecule has 0 atom stereocenters. The summed E-state index contributed by atoms with van der Waals surface area (Å²) >= 11 is 1.45. The number of amides is 1. The molecule has 1 aromatic carbocycles. The van der Waals surface area contributed by atoms with Crippen LogP contribution < -0.4 is 15.0 Å². The van der Waals surface area contributed by atoms with Crippen LogP contribution in [-0.4, -0.2) is 71.1 Å². The molecule has 10 nitrogen and oxygen atoms in total. The molecule has 2 aromatic heterocycles. The molecule has 202 valence electrons. The Balaban J connectivity index is 1.60. The van der Waals surface area contributed by atoms with Crippen molar-refractivity contribution >= 4 is 40.9 Å². The van der Waals surface area contributed by atoms with Crippen LogP contribution in [0.1, 0.15) is 37.4 Å². The van der Waals surface area contributed by atoms with Gasteiger partial charge in [0.2, 0.25) is 11.7 Å². The van der Waals surface area contributed by atoms with E-state index < -0.39 is 0 Å². The molecule has 0 saturated carbocycles. The molecule has 1 amide bonds. The first-order valence-corrected chi connectivity index (χ1v) is 13.5. The Morgan fingerprint density at radius 2 is 1.89 bits per heavy atom. The number of carbonyl (C=O) groups is 2. The van der Waals surface area contributed by atoms with Gasteiger partial charge in [0.1, 0.15) is 5.78 Å². The number of ether oxygens (including phenoxy) is 1. The third kappa shape index (κ3) is 7.03. The third-order valence-corrected chi connectivity index (χ3v) is 7.32. The van der Waals surface area contributed by atoms with Crippen molar-refractivity contribution in [3.05, 3.63) is 41.6 Å². The standard InChI is InChI=1S/C27H35N7O3S/c1-17-14-22(32-31-17)28-25-24(37-5)26(34-12-10-20(11-13-34)16-23(36)33(3)4)30-27(29-25)38-21-8-6-19(7-9-21)15-18(2)35/h6-9,14,20H,10-13,15-16H2,1-5H3,(H2,28,29,30,31,32). The van der Waals surface area contributed by atoms with Gasteiger partial charge < -0.3 is 19.9 Å². The molecule has 3 heterocycles. The zero-order valence-corrected chi connectivity index (χ0v) is 23.4. The van der Waals surface area contributed by atoms with Crippen molar-refractivity contribution in [2.45, 2.75) is 49.6 Å². The van der Waals surface area contributed by atoms with E-state index in [4.69, 9.17) is 14.7 Å². The summed E-state index contributed by atoms with van der Waals surface area (Å²) in [5, 5.41) is 11.1. The lowest BCUT2D eigenvalue weighted by Crippen LogP contribution is -2.36. The van der Waals surface area contributed by atoms with Crippen LogP contribution >= 0.6 is 11.8 Å². The summed E-state index contributed by atoms with van der Waals surface area (Å²) < 4.78 is 5.82. The number of aromatic amines is 1. The number of benzene rings is 1. The van der Waals surface area contributed by atoms with Crippen LogP contribution in [0.3, 0.4) is 0 Å². The number of ketones is 1. The quantitative estimate of drug-likeness (QED) is 0.366. The fourth-order valence-corrected chi connectivity index (χ4v) is 5.15. The number of nitrogens with one attached hydrogen (secondary N) is 2. The van der Waals surface area contributed by atoms with Crippen molar-refractivity contribution in [2.24, 2.45) is 5.92 Å². The Labute approximate surface area is 227 Å². The smallest absolute Gasteiger partial charge is 0.222 e. The zero-order chi connectivity index (χ0) is 27.2. The third-order valence-electron chi connectivity index (χ3n) is 6.45. The lowest BCUT2D eigenvalue weighted by molar-refractivity contribution is -0.129. The predicted octanol–water partition coefficient (Wildman–Crippen LogP) is 4.24. The second kappa shape index (κ2) is 12.3. The monoisotopic (exact) mass is 537 g/mol. The first kappa shape index (κ1) is 27.4. The molecule has 0 aliphatic carbocycles. The maximum Gasteiger partial charge on any atom is 0.222 e. The summed E-state index contributed by atoms with van der Waals surface area (Å²) in [6.07, 6.45) is 2.78. The molecule has 4 rings (SSSR count). The van der Waals surface area contributed by atoms with E-state index in [2.05, 4.69) is 20.4 Å². The predicted molar refractivity (Wildman–Crippen MR) is 148 cm³/mol. The van der Waals surface area contributed by atoms with Gasteiger partial charge in [0, 0.05) is 56.7 Å². The SMILES string of the molecule is COc1c(Nc2cc(C)[nH]n2)nc(Sc2ccc(CC(C)=O)cc2)nc1N1CCC(CC(=O)N(C)C)CC1. The van der Waals surface area contributed by atoms with Crippen molar-refractivity contribution in [1.29, 1.82) is 0 Å². The summed E-state index contributed by atoms with van der Waals surface area (Å²) in [7, 11) is 5.22. The van der Waals surface area contributed by atoms with E-state index in [0.29, 0.717) is 47.1 Å². The molecule has 1 aliphatic rings. The lowest BCUT2D eigenvalue weighted by atomic mass is 9.93. The summed E-state index contributed by atoms with van der Waals surface area (Å²) in [5.74, 6) is 3.08.